The zero-order valence-corrected chi connectivity index (χ0v) is 14.5. The van der Waals surface area contributed by atoms with Crippen molar-refractivity contribution in [3.63, 3.8) is 0 Å². The number of carbonyl (C=O) groups excluding carboxylic acids is 1. The minimum Gasteiger partial charge on any atom is -0.358 e. The molecule has 1 aromatic heterocycles. The molecule has 0 fully saturated rings. The molecule has 4 rings (SSSR count). The maximum absolute atomic E-state index is 12.1. The molecule has 0 saturated carbocycles. The van der Waals surface area contributed by atoms with Crippen LogP contribution in [0.2, 0.25) is 0 Å². The second-order valence-corrected chi connectivity index (χ2v) is 6.85. The Bertz CT molecular complexity index is 926. The van der Waals surface area contributed by atoms with Gasteiger partial charge in [-0.2, -0.15) is 0 Å². The van der Waals surface area contributed by atoms with E-state index in [2.05, 4.69) is 33.8 Å². The van der Waals surface area contributed by atoms with Gasteiger partial charge < -0.3 is 15.6 Å². The zero-order valence-electron chi connectivity index (χ0n) is 14.5. The summed E-state index contributed by atoms with van der Waals surface area (Å²) in [4.78, 5) is 15.7. The van der Waals surface area contributed by atoms with Crippen LogP contribution in [0.25, 0.3) is 10.9 Å². The lowest BCUT2D eigenvalue weighted by Gasteiger charge is -2.11. The van der Waals surface area contributed by atoms with Gasteiger partial charge >= 0.3 is 6.03 Å². The summed E-state index contributed by atoms with van der Waals surface area (Å²) in [6.07, 6.45) is 4.84. The van der Waals surface area contributed by atoms with Crippen LogP contribution in [0.3, 0.4) is 0 Å². The molecule has 1 aliphatic rings. The molecule has 0 aliphatic heterocycles. The van der Waals surface area contributed by atoms with Crippen LogP contribution in [0.15, 0.2) is 42.5 Å². The number of H-pyrrole nitrogens is 1. The minimum absolute atomic E-state index is 0.179. The highest BCUT2D eigenvalue weighted by atomic mass is 16.2. The molecule has 25 heavy (non-hydrogen) atoms. The number of rotatable bonds is 3. The summed E-state index contributed by atoms with van der Waals surface area (Å²) in [6.45, 7) is 2.53. The fourth-order valence-electron chi connectivity index (χ4n) is 3.64. The number of anilines is 1. The van der Waals surface area contributed by atoms with E-state index in [0.29, 0.717) is 6.54 Å². The second-order valence-electron chi connectivity index (χ2n) is 6.85. The summed E-state index contributed by atoms with van der Waals surface area (Å²) in [5.41, 5.74) is 7.13. The van der Waals surface area contributed by atoms with Gasteiger partial charge in [-0.15, -0.1) is 0 Å². The summed E-state index contributed by atoms with van der Waals surface area (Å²) in [7, 11) is 0. The minimum atomic E-state index is -0.179. The maximum Gasteiger partial charge on any atom is 0.319 e. The molecule has 2 amide bonds. The van der Waals surface area contributed by atoms with Crippen LogP contribution in [0.1, 0.15) is 35.2 Å². The highest BCUT2D eigenvalue weighted by molar-refractivity contribution is 5.89. The Morgan fingerprint density at radius 2 is 2.00 bits per heavy atom. The first kappa shape index (κ1) is 15.8. The Kier molecular flexibility index (Phi) is 4.18. The molecule has 0 atom stereocenters. The fraction of sp³-hybridized carbons (Fsp3) is 0.286. The lowest BCUT2D eigenvalue weighted by Crippen LogP contribution is -2.28. The number of aromatic nitrogens is 1. The molecule has 2 aromatic carbocycles. The number of amides is 2. The molecule has 128 valence electrons. The normalized spacial score (nSPS) is 13.5. The second kappa shape index (κ2) is 6.63. The molecular weight excluding hydrogens is 310 g/mol. The molecule has 4 nitrogen and oxygen atoms in total. The van der Waals surface area contributed by atoms with Gasteiger partial charge in [-0.3, -0.25) is 0 Å². The Balaban J connectivity index is 1.44. The monoisotopic (exact) mass is 333 g/mol. The van der Waals surface area contributed by atoms with Crippen molar-refractivity contribution in [2.24, 2.45) is 0 Å². The van der Waals surface area contributed by atoms with E-state index in [1.165, 1.54) is 35.0 Å². The van der Waals surface area contributed by atoms with Gasteiger partial charge in [-0.25, -0.2) is 4.79 Å². The number of hydrogen-bond acceptors (Lipinski definition) is 1. The van der Waals surface area contributed by atoms with Crippen LogP contribution >= 0.6 is 0 Å². The van der Waals surface area contributed by atoms with Crippen LogP contribution in [-0.2, 0) is 19.4 Å². The smallest absolute Gasteiger partial charge is 0.319 e. The number of fused-ring (bicyclic) bond motifs is 3. The van der Waals surface area contributed by atoms with Crippen molar-refractivity contribution in [2.75, 3.05) is 5.32 Å². The molecule has 1 heterocycles. The lowest BCUT2D eigenvalue weighted by molar-refractivity contribution is 0.251. The number of benzene rings is 2. The topological polar surface area (TPSA) is 56.9 Å². The van der Waals surface area contributed by atoms with Crippen molar-refractivity contribution >= 4 is 22.6 Å². The van der Waals surface area contributed by atoms with Gasteiger partial charge in [0.25, 0.3) is 0 Å². The zero-order chi connectivity index (χ0) is 17.2. The van der Waals surface area contributed by atoms with Gasteiger partial charge in [0, 0.05) is 28.8 Å². The van der Waals surface area contributed by atoms with Gasteiger partial charge in [0.1, 0.15) is 0 Å². The average molecular weight is 333 g/mol. The molecule has 3 N–H and O–H groups in total. The first-order valence-electron chi connectivity index (χ1n) is 8.93. The highest BCUT2D eigenvalue weighted by Gasteiger charge is 2.15. The van der Waals surface area contributed by atoms with E-state index in [1.807, 2.05) is 31.2 Å². The lowest BCUT2D eigenvalue weighted by atomic mass is 9.95. The van der Waals surface area contributed by atoms with Crippen LogP contribution in [0, 0.1) is 6.92 Å². The standard InChI is InChI=1S/C21H23N3O/c1-14-5-4-6-16(11-14)23-21(25)22-13-15-9-10-20-18(12-15)17-7-2-3-8-19(17)24-20/h4-6,9-12,24H,2-3,7-8,13H2,1H3,(H2,22,23,25). The van der Waals surface area contributed by atoms with Crippen molar-refractivity contribution < 1.29 is 4.79 Å². The van der Waals surface area contributed by atoms with Gasteiger partial charge in [0.05, 0.1) is 0 Å². The third-order valence-corrected chi connectivity index (χ3v) is 4.89. The molecular formula is C21H23N3O. The maximum atomic E-state index is 12.1. The number of aromatic amines is 1. The first-order chi connectivity index (χ1) is 12.2. The molecule has 0 bridgehead atoms. The van der Waals surface area contributed by atoms with Crippen molar-refractivity contribution in [2.45, 2.75) is 39.2 Å². The SMILES string of the molecule is Cc1cccc(NC(=O)NCc2ccc3[nH]c4c(c3c2)CCCC4)c1. The summed E-state index contributed by atoms with van der Waals surface area (Å²) in [6, 6.07) is 14.0. The van der Waals surface area contributed by atoms with Gasteiger partial charge in [-0.05, 0) is 73.6 Å². The average Bonchev–Trinajstić information content (AvgIpc) is 2.98. The van der Waals surface area contributed by atoms with Crippen LogP contribution in [0.5, 0.6) is 0 Å². The third kappa shape index (κ3) is 3.38. The number of hydrogen-bond donors (Lipinski definition) is 3. The highest BCUT2D eigenvalue weighted by Crippen LogP contribution is 2.29. The van der Waals surface area contributed by atoms with E-state index in [4.69, 9.17) is 0 Å². The molecule has 1 aliphatic carbocycles. The number of aryl methyl sites for hydroxylation is 3. The van der Waals surface area contributed by atoms with Gasteiger partial charge in [-0.1, -0.05) is 18.2 Å². The summed E-state index contributed by atoms with van der Waals surface area (Å²) < 4.78 is 0. The van der Waals surface area contributed by atoms with Crippen molar-refractivity contribution in [1.82, 2.24) is 10.3 Å². The van der Waals surface area contributed by atoms with Gasteiger partial charge in [0.15, 0.2) is 0 Å². The molecule has 0 radical (unpaired) electrons. The summed E-state index contributed by atoms with van der Waals surface area (Å²) >= 11 is 0. The van der Waals surface area contributed by atoms with Crippen molar-refractivity contribution in [1.29, 1.82) is 0 Å². The molecule has 0 spiro atoms. The number of urea groups is 1. The first-order valence-corrected chi connectivity index (χ1v) is 8.93. The Morgan fingerprint density at radius 1 is 1.12 bits per heavy atom. The van der Waals surface area contributed by atoms with Crippen molar-refractivity contribution in [3.05, 3.63) is 64.8 Å². The van der Waals surface area contributed by atoms with E-state index >= 15 is 0 Å². The number of nitrogens with one attached hydrogen (secondary N) is 3. The van der Waals surface area contributed by atoms with E-state index in [9.17, 15) is 4.79 Å². The predicted molar refractivity (Wildman–Crippen MR) is 102 cm³/mol. The van der Waals surface area contributed by atoms with E-state index in [1.54, 1.807) is 0 Å². The van der Waals surface area contributed by atoms with Crippen LogP contribution < -0.4 is 10.6 Å². The largest absolute Gasteiger partial charge is 0.358 e. The Morgan fingerprint density at radius 3 is 2.88 bits per heavy atom. The molecule has 0 saturated heterocycles. The fourth-order valence-corrected chi connectivity index (χ4v) is 3.64. The van der Waals surface area contributed by atoms with Gasteiger partial charge in [0.2, 0.25) is 0 Å². The molecule has 3 aromatic rings. The summed E-state index contributed by atoms with van der Waals surface area (Å²) in [5.74, 6) is 0. The van der Waals surface area contributed by atoms with Crippen LogP contribution in [-0.4, -0.2) is 11.0 Å². The Hall–Kier alpha value is -2.75. The van der Waals surface area contributed by atoms with Crippen molar-refractivity contribution in [3.8, 4) is 0 Å². The van der Waals surface area contributed by atoms with E-state index in [0.717, 1.165) is 29.7 Å². The quantitative estimate of drug-likeness (QED) is 0.640. The third-order valence-electron chi connectivity index (χ3n) is 4.89. The summed E-state index contributed by atoms with van der Waals surface area (Å²) in [5, 5.41) is 7.14. The van der Waals surface area contributed by atoms with E-state index in [-0.39, 0.29) is 6.03 Å². The molecule has 4 heteroatoms. The van der Waals surface area contributed by atoms with E-state index < -0.39 is 0 Å². The predicted octanol–water partition coefficient (Wildman–Crippen LogP) is 4.68. The van der Waals surface area contributed by atoms with Crippen LogP contribution in [0.4, 0.5) is 10.5 Å². The Labute approximate surface area is 147 Å². The number of carbonyl (C=O) groups is 1. The molecule has 0 unspecified atom stereocenters.